The van der Waals surface area contributed by atoms with E-state index in [1.54, 1.807) is 13.2 Å². The standard InChI is InChI=1S/C9H15N3O2S/c1-10-9-11-4-5-12(9)8-3-2-6-15(13,14)7-8/h4-5,8H,2-3,6-7H2,1H3,(H,10,11). The molecule has 1 atom stereocenters. The minimum absolute atomic E-state index is 0.0358. The molecule has 0 amide bonds. The largest absolute Gasteiger partial charge is 0.359 e. The summed E-state index contributed by atoms with van der Waals surface area (Å²) in [6, 6.07) is 0.0358. The van der Waals surface area contributed by atoms with Crippen molar-refractivity contribution in [1.82, 2.24) is 9.55 Å². The Labute approximate surface area is 89.4 Å². The predicted molar refractivity (Wildman–Crippen MR) is 58.7 cm³/mol. The first-order chi connectivity index (χ1) is 7.12. The zero-order chi connectivity index (χ0) is 10.9. The summed E-state index contributed by atoms with van der Waals surface area (Å²) in [4.78, 5) is 4.11. The first-order valence-corrected chi connectivity index (χ1v) is 6.85. The van der Waals surface area contributed by atoms with E-state index in [0.29, 0.717) is 5.75 Å². The van der Waals surface area contributed by atoms with Crippen LogP contribution in [0.15, 0.2) is 12.4 Å². The molecule has 1 aliphatic rings. The lowest BCUT2D eigenvalue weighted by Gasteiger charge is -2.24. The molecule has 0 aliphatic carbocycles. The Morgan fingerprint density at radius 1 is 1.60 bits per heavy atom. The fourth-order valence-corrected chi connectivity index (χ4v) is 3.71. The summed E-state index contributed by atoms with van der Waals surface area (Å²) in [7, 11) is -1.07. The summed E-state index contributed by atoms with van der Waals surface area (Å²) in [6.07, 6.45) is 5.17. The number of anilines is 1. The van der Waals surface area contributed by atoms with Gasteiger partial charge < -0.3 is 9.88 Å². The molecule has 1 fully saturated rings. The van der Waals surface area contributed by atoms with Gasteiger partial charge in [0.15, 0.2) is 9.84 Å². The third kappa shape index (κ3) is 2.14. The second-order valence-electron chi connectivity index (χ2n) is 3.82. The van der Waals surface area contributed by atoms with Crippen molar-refractivity contribution in [3.8, 4) is 0 Å². The van der Waals surface area contributed by atoms with Crippen LogP contribution in [0.2, 0.25) is 0 Å². The number of aromatic nitrogens is 2. The summed E-state index contributed by atoms with van der Waals surface area (Å²) in [5, 5.41) is 2.96. The van der Waals surface area contributed by atoms with Crippen LogP contribution in [0.4, 0.5) is 5.95 Å². The Hall–Kier alpha value is -1.04. The van der Waals surface area contributed by atoms with Crippen LogP contribution in [0.3, 0.4) is 0 Å². The summed E-state index contributed by atoms with van der Waals surface area (Å²) in [6.45, 7) is 0. The lowest BCUT2D eigenvalue weighted by Crippen LogP contribution is -2.27. The lowest BCUT2D eigenvalue weighted by molar-refractivity contribution is 0.474. The van der Waals surface area contributed by atoms with Crippen LogP contribution in [0.1, 0.15) is 18.9 Å². The molecule has 5 nitrogen and oxygen atoms in total. The van der Waals surface area contributed by atoms with Crippen LogP contribution < -0.4 is 5.32 Å². The molecule has 6 heteroatoms. The smallest absolute Gasteiger partial charge is 0.202 e. The van der Waals surface area contributed by atoms with Gasteiger partial charge in [0.05, 0.1) is 17.5 Å². The molecular formula is C9H15N3O2S. The van der Waals surface area contributed by atoms with Gasteiger partial charge in [-0.1, -0.05) is 0 Å². The topological polar surface area (TPSA) is 64.0 Å². The first kappa shape index (κ1) is 10.5. The van der Waals surface area contributed by atoms with Crippen molar-refractivity contribution in [2.75, 3.05) is 23.9 Å². The molecule has 0 bridgehead atoms. The maximum Gasteiger partial charge on any atom is 0.202 e. The third-order valence-corrected chi connectivity index (χ3v) is 4.53. The average Bonchev–Trinajstić information content (AvgIpc) is 2.63. The van der Waals surface area contributed by atoms with Crippen LogP contribution in [-0.2, 0) is 9.84 Å². The highest BCUT2D eigenvalue weighted by molar-refractivity contribution is 7.91. The van der Waals surface area contributed by atoms with Crippen LogP contribution in [0.5, 0.6) is 0 Å². The van der Waals surface area contributed by atoms with Crippen molar-refractivity contribution in [3.05, 3.63) is 12.4 Å². The van der Waals surface area contributed by atoms with Gasteiger partial charge in [0.25, 0.3) is 0 Å². The monoisotopic (exact) mass is 229 g/mol. The fourth-order valence-electron chi connectivity index (χ4n) is 2.02. The molecule has 1 unspecified atom stereocenters. The highest BCUT2D eigenvalue weighted by atomic mass is 32.2. The Balaban J connectivity index is 2.24. The van der Waals surface area contributed by atoms with Gasteiger partial charge in [0.2, 0.25) is 5.95 Å². The molecule has 15 heavy (non-hydrogen) atoms. The molecule has 2 heterocycles. The maximum absolute atomic E-state index is 11.5. The van der Waals surface area contributed by atoms with Gasteiger partial charge >= 0.3 is 0 Å². The van der Waals surface area contributed by atoms with Crippen LogP contribution in [-0.4, -0.2) is 36.5 Å². The van der Waals surface area contributed by atoms with Crippen molar-refractivity contribution < 1.29 is 8.42 Å². The van der Waals surface area contributed by atoms with Gasteiger partial charge in [0, 0.05) is 19.4 Å². The van der Waals surface area contributed by atoms with E-state index in [4.69, 9.17) is 0 Å². The molecule has 0 spiro atoms. The zero-order valence-corrected chi connectivity index (χ0v) is 9.50. The van der Waals surface area contributed by atoms with Crippen molar-refractivity contribution in [3.63, 3.8) is 0 Å². The number of hydrogen-bond donors (Lipinski definition) is 1. The van der Waals surface area contributed by atoms with E-state index >= 15 is 0 Å². The molecule has 1 aliphatic heterocycles. The van der Waals surface area contributed by atoms with Crippen LogP contribution in [0, 0.1) is 0 Å². The van der Waals surface area contributed by atoms with E-state index in [1.807, 2.05) is 10.8 Å². The molecule has 2 rings (SSSR count). The van der Waals surface area contributed by atoms with E-state index in [-0.39, 0.29) is 11.8 Å². The molecule has 1 aromatic rings. The molecule has 1 saturated heterocycles. The fraction of sp³-hybridized carbons (Fsp3) is 0.667. The van der Waals surface area contributed by atoms with Gasteiger partial charge in [-0.2, -0.15) is 0 Å². The lowest BCUT2D eigenvalue weighted by atomic mass is 10.2. The quantitative estimate of drug-likeness (QED) is 0.809. The predicted octanol–water partition coefficient (Wildman–Crippen LogP) is 0.675. The summed E-state index contributed by atoms with van der Waals surface area (Å²) >= 11 is 0. The third-order valence-electron chi connectivity index (χ3n) is 2.72. The normalized spacial score (nSPS) is 25.0. The second-order valence-corrected chi connectivity index (χ2v) is 6.05. The van der Waals surface area contributed by atoms with Crippen molar-refractivity contribution in [2.45, 2.75) is 18.9 Å². The summed E-state index contributed by atoms with van der Waals surface area (Å²) in [5.41, 5.74) is 0. The van der Waals surface area contributed by atoms with Gasteiger partial charge in [0.1, 0.15) is 0 Å². The number of nitrogens with zero attached hydrogens (tertiary/aromatic N) is 2. The SMILES string of the molecule is CNc1nccn1C1CCCS(=O)(=O)C1. The molecule has 1 aromatic heterocycles. The minimum Gasteiger partial charge on any atom is -0.359 e. The van der Waals surface area contributed by atoms with E-state index in [2.05, 4.69) is 10.3 Å². The Morgan fingerprint density at radius 2 is 2.40 bits per heavy atom. The number of nitrogens with one attached hydrogen (secondary N) is 1. The Morgan fingerprint density at radius 3 is 3.07 bits per heavy atom. The van der Waals surface area contributed by atoms with Crippen LogP contribution in [0.25, 0.3) is 0 Å². The summed E-state index contributed by atoms with van der Waals surface area (Å²) < 4.78 is 24.9. The number of imidazole rings is 1. The number of sulfone groups is 1. The molecule has 84 valence electrons. The average molecular weight is 229 g/mol. The van der Waals surface area contributed by atoms with Gasteiger partial charge in [-0.25, -0.2) is 13.4 Å². The first-order valence-electron chi connectivity index (χ1n) is 5.03. The maximum atomic E-state index is 11.5. The molecule has 0 saturated carbocycles. The molecule has 0 radical (unpaired) electrons. The highest BCUT2D eigenvalue weighted by Crippen LogP contribution is 2.25. The molecular weight excluding hydrogens is 214 g/mol. The van der Waals surface area contributed by atoms with E-state index < -0.39 is 9.84 Å². The van der Waals surface area contributed by atoms with Crippen molar-refractivity contribution in [1.29, 1.82) is 0 Å². The van der Waals surface area contributed by atoms with Gasteiger partial charge in [-0.05, 0) is 12.8 Å². The Bertz CT molecular complexity index is 438. The zero-order valence-electron chi connectivity index (χ0n) is 8.68. The highest BCUT2D eigenvalue weighted by Gasteiger charge is 2.26. The van der Waals surface area contributed by atoms with E-state index in [9.17, 15) is 8.42 Å². The number of rotatable bonds is 2. The van der Waals surface area contributed by atoms with Gasteiger partial charge in [-0.15, -0.1) is 0 Å². The van der Waals surface area contributed by atoms with E-state index in [0.717, 1.165) is 18.8 Å². The Kier molecular flexibility index (Phi) is 2.68. The summed E-state index contributed by atoms with van der Waals surface area (Å²) in [5.74, 6) is 1.29. The molecule has 1 N–H and O–H groups in total. The number of hydrogen-bond acceptors (Lipinski definition) is 4. The minimum atomic E-state index is -2.86. The van der Waals surface area contributed by atoms with Crippen molar-refractivity contribution >= 4 is 15.8 Å². The van der Waals surface area contributed by atoms with Crippen molar-refractivity contribution in [2.24, 2.45) is 0 Å². The van der Waals surface area contributed by atoms with Crippen LogP contribution >= 0.6 is 0 Å². The van der Waals surface area contributed by atoms with Gasteiger partial charge in [-0.3, -0.25) is 0 Å². The second kappa shape index (κ2) is 3.84. The van der Waals surface area contributed by atoms with E-state index in [1.165, 1.54) is 0 Å². The molecule has 0 aromatic carbocycles.